The maximum Gasteiger partial charge on any atom is 0.306 e. The third-order valence-electron chi connectivity index (χ3n) is 8.17. The molecule has 0 aromatic carbocycles. The van der Waals surface area contributed by atoms with Crippen molar-refractivity contribution in [2.45, 2.75) is 174 Å². The summed E-state index contributed by atoms with van der Waals surface area (Å²) in [4.78, 5) is 24.3. The zero-order chi connectivity index (χ0) is 36.4. The number of unbranched alkanes of at least 4 members (excludes halogenated alkanes) is 13. The quantitative estimate of drug-likeness (QED) is 0.0406. The summed E-state index contributed by atoms with van der Waals surface area (Å²) in [6.45, 7) is 3.95. The van der Waals surface area contributed by atoms with Gasteiger partial charge >= 0.3 is 11.9 Å². The van der Waals surface area contributed by atoms with Gasteiger partial charge in [-0.25, -0.2) is 0 Å². The molecule has 0 radical (unpaired) electrons. The molecular formula is C45H74O5. The Morgan fingerprint density at radius 1 is 0.480 bits per heavy atom. The van der Waals surface area contributed by atoms with Crippen LogP contribution in [0.25, 0.3) is 0 Å². The van der Waals surface area contributed by atoms with Gasteiger partial charge in [-0.15, -0.1) is 0 Å². The van der Waals surface area contributed by atoms with Crippen molar-refractivity contribution in [1.29, 1.82) is 0 Å². The second-order valence-corrected chi connectivity index (χ2v) is 13.0. The Balaban J connectivity index is 3.67. The van der Waals surface area contributed by atoms with Crippen LogP contribution in [0.15, 0.2) is 85.1 Å². The molecule has 0 aromatic heterocycles. The van der Waals surface area contributed by atoms with Gasteiger partial charge in [-0.2, -0.15) is 0 Å². The van der Waals surface area contributed by atoms with E-state index in [9.17, 15) is 14.7 Å². The molecule has 284 valence electrons. The van der Waals surface area contributed by atoms with Crippen LogP contribution >= 0.6 is 0 Å². The first kappa shape index (κ1) is 47.1. The number of rotatable bonds is 35. The van der Waals surface area contributed by atoms with Gasteiger partial charge in [-0.05, 0) is 89.9 Å². The molecule has 0 heterocycles. The fraction of sp³-hybridized carbons (Fsp3) is 0.644. The van der Waals surface area contributed by atoms with Crippen LogP contribution in [0, 0.1) is 0 Å². The van der Waals surface area contributed by atoms with Crippen LogP contribution in [-0.2, 0) is 19.1 Å². The zero-order valence-corrected chi connectivity index (χ0v) is 32.1. The van der Waals surface area contributed by atoms with Gasteiger partial charge in [0.25, 0.3) is 0 Å². The van der Waals surface area contributed by atoms with E-state index in [1.807, 2.05) is 0 Å². The van der Waals surface area contributed by atoms with Gasteiger partial charge in [0.2, 0.25) is 0 Å². The van der Waals surface area contributed by atoms with Crippen molar-refractivity contribution < 1.29 is 24.2 Å². The molecule has 0 aliphatic rings. The van der Waals surface area contributed by atoms with Crippen molar-refractivity contribution in [3.63, 3.8) is 0 Å². The zero-order valence-electron chi connectivity index (χ0n) is 32.1. The predicted octanol–water partition coefficient (Wildman–Crippen LogP) is 12.7. The third kappa shape index (κ3) is 37.9. The molecule has 0 bridgehead atoms. The van der Waals surface area contributed by atoms with E-state index in [-0.39, 0.29) is 25.2 Å². The first-order valence-electron chi connectivity index (χ1n) is 20.1. The van der Waals surface area contributed by atoms with Crippen LogP contribution < -0.4 is 0 Å². The number of carbonyl (C=O) groups excluding carboxylic acids is 2. The van der Waals surface area contributed by atoms with Gasteiger partial charge in [0.1, 0.15) is 6.61 Å². The number of carbonyl (C=O) groups is 2. The Hall–Kier alpha value is -2.92. The van der Waals surface area contributed by atoms with E-state index in [1.165, 1.54) is 51.4 Å². The van der Waals surface area contributed by atoms with E-state index in [0.29, 0.717) is 12.8 Å². The summed E-state index contributed by atoms with van der Waals surface area (Å²) >= 11 is 0. The highest BCUT2D eigenvalue weighted by Gasteiger charge is 2.16. The Morgan fingerprint density at radius 2 is 0.860 bits per heavy atom. The van der Waals surface area contributed by atoms with Gasteiger partial charge in [-0.3, -0.25) is 9.59 Å². The van der Waals surface area contributed by atoms with Crippen molar-refractivity contribution in [2.75, 3.05) is 13.2 Å². The summed E-state index contributed by atoms with van der Waals surface area (Å²) in [5.41, 5.74) is 0. The molecule has 0 aliphatic carbocycles. The van der Waals surface area contributed by atoms with Crippen LogP contribution in [0.5, 0.6) is 0 Å². The number of allylic oxidation sites excluding steroid dienone is 14. The summed E-state index contributed by atoms with van der Waals surface area (Å²) in [6.07, 6.45) is 54.9. The normalized spacial score (nSPS) is 13.1. The van der Waals surface area contributed by atoms with Crippen LogP contribution in [0.3, 0.4) is 0 Å². The molecule has 0 aromatic rings. The van der Waals surface area contributed by atoms with E-state index in [4.69, 9.17) is 9.47 Å². The molecule has 5 heteroatoms. The van der Waals surface area contributed by atoms with Gasteiger partial charge < -0.3 is 14.6 Å². The molecule has 0 spiro atoms. The Morgan fingerprint density at radius 3 is 1.32 bits per heavy atom. The molecule has 0 saturated heterocycles. The van der Waals surface area contributed by atoms with E-state index >= 15 is 0 Å². The summed E-state index contributed by atoms with van der Waals surface area (Å²) in [6, 6.07) is 0. The minimum absolute atomic E-state index is 0.0885. The number of hydrogen-bond acceptors (Lipinski definition) is 5. The highest BCUT2D eigenvalue weighted by Crippen LogP contribution is 2.12. The van der Waals surface area contributed by atoms with E-state index in [2.05, 4.69) is 98.9 Å². The van der Waals surface area contributed by atoms with Crippen molar-refractivity contribution >= 4 is 11.9 Å². The molecule has 50 heavy (non-hydrogen) atoms. The summed E-state index contributed by atoms with van der Waals surface area (Å²) in [5, 5.41) is 9.56. The largest absolute Gasteiger partial charge is 0.462 e. The molecule has 0 unspecified atom stereocenters. The summed E-state index contributed by atoms with van der Waals surface area (Å²) in [7, 11) is 0. The monoisotopic (exact) mass is 695 g/mol. The lowest BCUT2D eigenvalue weighted by Gasteiger charge is -2.15. The van der Waals surface area contributed by atoms with Crippen LogP contribution in [0.1, 0.15) is 168 Å². The second kappa shape index (κ2) is 40.5. The molecular weight excluding hydrogens is 620 g/mol. The lowest BCUT2D eigenvalue weighted by Crippen LogP contribution is -2.28. The molecule has 0 fully saturated rings. The maximum atomic E-state index is 12.2. The van der Waals surface area contributed by atoms with Crippen molar-refractivity contribution in [3.8, 4) is 0 Å². The van der Waals surface area contributed by atoms with Gasteiger partial charge in [0, 0.05) is 12.8 Å². The van der Waals surface area contributed by atoms with Crippen molar-refractivity contribution in [1.82, 2.24) is 0 Å². The maximum absolute atomic E-state index is 12.2. The number of esters is 2. The van der Waals surface area contributed by atoms with E-state index < -0.39 is 6.10 Å². The molecule has 1 atom stereocenters. The first-order valence-corrected chi connectivity index (χ1v) is 20.1. The van der Waals surface area contributed by atoms with Crippen molar-refractivity contribution in [3.05, 3.63) is 85.1 Å². The molecule has 1 N–H and O–H groups in total. The highest BCUT2D eigenvalue weighted by atomic mass is 16.6. The molecule has 0 rings (SSSR count). The summed E-state index contributed by atoms with van der Waals surface area (Å²) in [5.74, 6) is -0.645. The van der Waals surface area contributed by atoms with E-state index in [1.54, 1.807) is 0 Å². The fourth-order valence-corrected chi connectivity index (χ4v) is 5.14. The van der Waals surface area contributed by atoms with Gasteiger partial charge in [0.15, 0.2) is 6.10 Å². The molecule has 0 saturated carbocycles. The second-order valence-electron chi connectivity index (χ2n) is 13.0. The molecule has 0 amide bonds. The number of aliphatic hydroxyl groups is 1. The first-order chi connectivity index (χ1) is 24.6. The Kier molecular flexibility index (Phi) is 38.1. The predicted molar refractivity (Wildman–Crippen MR) is 214 cm³/mol. The van der Waals surface area contributed by atoms with Crippen LogP contribution in [-0.4, -0.2) is 36.4 Å². The highest BCUT2D eigenvalue weighted by molar-refractivity contribution is 5.70. The smallest absolute Gasteiger partial charge is 0.306 e. The lowest BCUT2D eigenvalue weighted by atomic mass is 10.1. The van der Waals surface area contributed by atoms with E-state index in [0.717, 1.165) is 89.9 Å². The van der Waals surface area contributed by atoms with Crippen LogP contribution in [0.2, 0.25) is 0 Å². The topological polar surface area (TPSA) is 72.8 Å². The number of hydrogen-bond donors (Lipinski definition) is 1. The van der Waals surface area contributed by atoms with Gasteiger partial charge in [0.05, 0.1) is 6.61 Å². The fourth-order valence-electron chi connectivity index (χ4n) is 5.14. The SMILES string of the molecule is CC/C=C\C/C=C\C/C=C\C/C=C\C/C=C\CCCCCC(=O)O[C@@H](CO)COC(=O)CCCCCCCCC/C=C\C/C=C\CCCCC. The third-order valence-corrected chi connectivity index (χ3v) is 8.17. The average Bonchev–Trinajstić information content (AvgIpc) is 3.12. The minimum Gasteiger partial charge on any atom is -0.462 e. The number of aliphatic hydroxyl groups excluding tert-OH is 1. The Bertz CT molecular complexity index is 968. The standard InChI is InChI=1S/C45H74O5/c1-3-5-7-9-11-13-15-17-19-21-22-24-26-28-30-32-34-36-38-40-45(48)50-43(41-46)42-49-44(47)39-37-35-33-31-29-27-25-23-20-18-16-14-12-10-8-6-4-2/h5,7,11-14,17-20,22,24,28,30,43,46H,3-4,6,8-10,15-16,21,23,25-27,29,31-42H2,1-2H3/b7-5-,13-11-,14-12-,19-17-,20-18-,24-22-,30-28-/t43-/m0/s1. The minimum atomic E-state index is -0.797. The molecule has 5 nitrogen and oxygen atoms in total. The average molecular weight is 695 g/mol. The summed E-state index contributed by atoms with van der Waals surface area (Å²) < 4.78 is 10.6. The lowest BCUT2D eigenvalue weighted by molar-refractivity contribution is -0.161. The Labute approximate surface area is 307 Å². The van der Waals surface area contributed by atoms with Gasteiger partial charge in [-0.1, -0.05) is 150 Å². The molecule has 0 aliphatic heterocycles. The number of ether oxygens (including phenoxy) is 2. The van der Waals surface area contributed by atoms with Crippen LogP contribution in [0.4, 0.5) is 0 Å². The van der Waals surface area contributed by atoms with Crippen molar-refractivity contribution in [2.24, 2.45) is 0 Å².